The third-order valence-electron chi connectivity index (χ3n) is 6.49. The van der Waals surface area contributed by atoms with Crippen molar-refractivity contribution in [1.29, 1.82) is 0 Å². The fraction of sp³-hybridized carbons (Fsp3) is 0.947. The number of carboxylic acids is 1. The summed E-state index contributed by atoms with van der Waals surface area (Å²) in [5, 5.41) is 10.2. The zero-order valence-electron chi connectivity index (χ0n) is 15.6. The molecule has 0 saturated carbocycles. The SMILES string of the molecule is CC(C)[N+]1(C)C2CCCC1CC2.CCC(CC(=O)[O-])C(C)C. The molecular formula is C19H37NO2. The average Bonchev–Trinajstić information content (AvgIpc) is 2.64. The lowest BCUT2D eigenvalue weighted by molar-refractivity contribution is -0.967. The maximum Gasteiger partial charge on any atom is 0.0894 e. The van der Waals surface area contributed by atoms with Gasteiger partial charge in [-0.2, -0.15) is 0 Å². The van der Waals surface area contributed by atoms with Gasteiger partial charge < -0.3 is 14.4 Å². The molecule has 2 rings (SSSR count). The summed E-state index contributed by atoms with van der Waals surface area (Å²) < 4.78 is 1.39. The van der Waals surface area contributed by atoms with Gasteiger partial charge in [0, 0.05) is 18.8 Å². The Morgan fingerprint density at radius 2 is 1.59 bits per heavy atom. The van der Waals surface area contributed by atoms with E-state index in [0.29, 0.717) is 5.92 Å². The quantitative estimate of drug-likeness (QED) is 0.730. The summed E-state index contributed by atoms with van der Waals surface area (Å²) in [4.78, 5) is 10.2. The minimum Gasteiger partial charge on any atom is -0.550 e. The molecule has 0 aromatic carbocycles. The van der Waals surface area contributed by atoms with E-state index in [0.717, 1.165) is 24.5 Å². The number of carbonyl (C=O) groups excluding carboxylic acids is 1. The molecule has 2 aliphatic rings. The van der Waals surface area contributed by atoms with Gasteiger partial charge in [0.1, 0.15) is 0 Å². The number of hydrogen-bond donors (Lipinski definition) is 0. The number of nitrogens with zero attached hydrogens (tertiary/aromatic N) is 1. The van der Waals surface area contributed by atoms with Crippen molar-refractivity contribution in [3.05, 3.63) is 0 Å². The van der Waals surface area contributed by atoms with E-state index in [4.69, 9.17) is 0 Å². The van der Waals surface area contributed by atoms with Gasteiger partial charge in [-0.1, -0.05) is 27.2 Å². The summed E-state index contributed by atoms with van der Waals surface area (Å²) in [6.45, 7) is 10.9. The van der Waals surface area contributed by atoms with Crippen molar-refractivity contribution in [3.63, 3.8) is 0 Å². The molecule has 2 fully saturated rings. The van der Waals surface area contributed by atoms with Crippen LogP contribution in [0.1, 0.15) is 79.6 Å². The zero-order chi connectivity index (χ0) is 16.9. The van der Waals surface area contributed by atoms with Gasteiger partial charge in [-0.3, -0.25) is 0 Å². The van der Waals surface area contributed by atoms with E-state index in [1.165, 1.54) is 36.6 Å². The summed E-state index contributed by atoms with van der Waals surface area (Å²) in [5.41, 5.74) is 0. The van der Waals surface area contributed by atoms with E-state index in [2.05, 4.69) is 20.9 Å². The molecule has 0 N–H and O–H groups in total. The molecular weight excluding hydrogens is 274 g/mol. The van der Waals surface area contributed by atoms with E-state index in [1.54, 1.807) is 0 Å². The maximum absolute atomic E-state index is 10.2. The minimum absolute atomic E-state index is 0.203. The average molecular weight is 312 g/mol. The smallest absolute Gasteiger partial charge is 0.0894 e. The molecule has 0 aromatic heterocycles. The Bertz CT molecular complexity index is 335. The molecule has 3 nitrogen and oxygen atoms in total. The predicted molar refractivity (Wildman–Crippen MR) is 90.2 cm³/mol. The van der Waals surface area contributed by atoms with E-state index in [9.17, 15) is 9.90 Å². The summed E-state index contributed by atoms with van der Waals surface area (Å²) in [5.74, 6) is -0.201. The van der Waals surface area contributed by atoms with Crippen LogP contribution in [0, 0.1) is 11.8 Å². The monoisotopic (exact) mass is 311 g/mol. The Kier molecular flexibility index (Phi) is 7.37. The van der Waals surface area contributed by atoms with Gasteiger partial charge in [-0.25, -0.2) is 0 Å². The van der Waals surface area contributed by atoms with Gasteiger partial charge in [0.05, 0.1) is 25.2 Å². The molecule has 2 heterocycles. The Balaban J connectivity index is 0.000000225. The zero-order valence-corrected chi connectivity index (χ0v) is 15.6. The van der Waals surface area contributed by atoms with Crippen molar-refractivity contribution < 1.29 is 14.4 Å². The number of fused-ring (bicyclic) bond motifs is 2. The molecule has 130 valence electrons. The van der Waals surface area contributed by atoms with Crippen LogP contribution in [-0.4, -0.2) is 35.6 Å². The Hall–Kier alpha value is -0.570. The molecule has 0 spiro atoms. The predicted octanol–water partition coefficient (Wildman–Crippen LogP) is 3.36. The van der Waals surface area contributed by atoms with Gasteiger partial charge in [0.25, 0.3) is 0 Å². The van der Waals surface area contributed by atoms with E-state index < -0.39 is 5.97 Å². The molecule has 0 aliphatic carbocycles. The number of carboxylic acid groups (broad SMARTS) is 1. The lowest BCUT2D eigenvalue weighted by atomic mass is 9.90. The molecule has 22 heavy (non-hydrogen) atoms. The highest BCUT2D eigenvalue weighted by molar-refractivity contribution is 5.64. The van der Waals surface area contributed by atoms with Crippen LogP contribution in [0.5, 0.6) is 0 Å². The molecule has 2 bridgehead atoms. The Labute approximate surface area is 137 Å². The fourth-order valence-electron chi connectivity index (χ4n) is 4.58. The summed E-state index contributed by atoms with van der Waals surface area (Å²) in [7, 11) is 2.49. The molecule has 3 unspecified atom stereocenters. The van der Waals surface area contributed by atoms with E-state index in [1.807, 2.05) is 20.8 Å². The van der Waals surface area contributed by atoms with Crippen molar-refractivity contribution in [1.82, 2.24) is 0 Å². The molecule has 0 aromatic rings. The molecule has 0 radical (unpaired) electrons. The van der Waals surface area contributed by atoms with Crippen molar-refractivity contribution >= 4 is 5.97 Å². The lowest BCUT2D eigenvalue weighted by Crippen LogP contribution is -2.59. The summed E-state index contributed by atoms with van der Waals surface area (Å²) in [6, 6.07) is 2.84. The number of hydrogen-bond acceptors (Lipinski definition) is 2. The molecule has 2 saturated heterocycles. The first-order valence-corrected chi connectivity index (χ1v) is 9.28. The first-order chi connectivity index (χ1) is 10.2. The molecule has 0 amide bonds. The van der Waals surface area contributed by atoms with Crippen molar-refractivity contribution in [2.45, 2.75) is 97.7 Å². The van der Waals surface area contributed by atoms with Gasteiger partial charge in [-0.05, 0) is 51.4 Å². The van der Waals surface area contributed by atoms with Crippen LogP contribution >= 0.6 is 0 Å². The van der Waals surface area contributed by atoms with Gasteiger partial charge in [-0.15, -0.1) is 0 Å². The standard InChI is InChI=1S/C11H22N.C8H16O2/c1-9(2)12(3)10-5-4-6-11(12)8-7-10;1-4-7(6(2)3)5-8(9)10/h9-11H,4-8H2,1-3H3;6-7H,4-5H2,1-3H3,(H,9,10)/q+1;/p-1. The number of piperidine rings is 1. The number of quaternary nitrogens is 1. The Morgan fingerprint density at radius 1 is 1.09 bits per heavy atom. The lowest BCUT2D eigenvalue weighted by Gasteiger charge is -2.48. The number of aliphatic carboxylic acids is 1. The fourth-order valence-corrected chi connectivity index (χ4v) is 4.58. The van der Waals surface area contributed by atoms with Crippen LogP contribution in [0.25, 0.3) is 0 Å². The van der Waals surface area contributed by atoms with Crippen LogP contribution in [0.3, 0.4) is 0 Å². The maximum atomic E-state index is 10.2. The van der Waals surface area contributed by atoms with Gasteiger partial charge >= 0.3 is 0 Å². The van der Waals surface area contributed by atoms with Crippen molar-refractivity contribution in [3.8, 4) is 0 Å². The van der Waals surface area contributed by atoms with Crippen LogP contribution in [0.4, 0.5) is 0 Å². The second-order valence-corrected chi connectivity index (χ2v) is 8.12. The first-order valence-electron chi connectivity index (χ1n) is 9.28. The van der Waals surface area contributed by atoms with Crippen LogP contribution < -0.4 is 5.11 Å². The van der Waals surface area contributed by atoms with Crippen molar-refractivity contribution in [2.24, 2.45) is 11.8 Å². The summed E-state index contributed by atoms with van der Waals surface area (Å²) in [6.07, 6.45) is 8.60. The first kappa shape index (κ1) is 19.5. The Morgan fingerprint density at radius 3 is 1.82 bits per heavy atom. The molecule has 3 heteroatoms. The second kappa shape index (κ2) is 8.33. The van der Waals surface area contributed by atoms with Crippen LogP contribution in [0.2, 0.25) is 0 Å². The number of carbonyl (C=O) groups is 1. The third kappa shape index (κ3) is 4.47. The van der Waals surface area contributed by atoms with E-state index in [-0.39, 0.29) is 12.3 Å². The largest absolute Gasteiger partial charge is 0.550 e. The highest BCUT2D eigenvalue weighted by atomic mass is 16.4. The third-order valence-corrected chi connectivity index (χ3v) is 6.49. The minimum atomic E-state index is -0.930. The second-order valence-electron chi connectivity index (χ2n) is 8.12. The molecule has 3 atom stereocenters. The normalized spacial score (nSPS) is 31.8. The highest BCUT2D eigenvalue weighted by Crippen LogP contribution is 2.42. The van der Waals surface area contributed by atoms with Gasteiger partial charge in [0.2, 0.25) is 0 Å². The van der Waals surface area contributed by atoms with Crippen LogP contribution in [0.15, 0.2) is 0 Å². The molecule has 2 aliphatic heterocycles. The van der Waals surface area contributed by atoms with Gasteiger partial charge in [0.15, 0.2) is 0 Å². The van der Waals surface area contributed by atoms with Crippen molar-refractivity contribution in [2.75, 3.05) is 7.05 Å². The number of rotatable bonds is 5. The van der Waals surface area contributed by atoms with E-state index >= 15 is 0 Å². The topological polar surface area (TPSA) is 40.1 Å². The highest BCUT2D eigenvalue weighted by Gasteiger charge is 2.49. The summed E-state index contributed by atoms with van der Waals surface area (Å²) >= 11 is 0. The van der Waals surface area contributed by atoms with Crippen LogP contribution in [-0.2, 0) is 4.79 Å².